The lowest BCUT2D eigenvalue weighted by molar-refractivity contribution is 0.249. The van der Waals surface area contributed by atoms with Gasteiger partial charge < -0.3 is 4.74 Å². The van der Waals surface area contributed by atoms with E-state index in [9.17, 15) is 12.8 Å². The lowest BCUT2D eigenvalue weighted by Crippen LogP contribution is -2.44. The summed E-state index contributed by atoms with van der Waals surface area (Å²) in [6.45, 7) is 0.620. The number of hydrogen-bond donors (Lipinski definition) is 0. The predicted molar refractivity (Wildman–Crippen MR) is 118 cm³/mol. The largest absolute Gasteiger partial charge is 0.497 e. The van der Waals surface area contributed by atoms with E-state index in [1.807, 2.05) is 30.5 Å². The van der Waals surface area contributed by atoms with E-state index in [0.717, 1.165) is 34.2 Å². The number of hydrogen-bond acceptors (Lipinski definition) is 6. The first-order valence-electron chi connectivity index (χ1n) is 9.51. The SMILES string of the molecule is COc1ccc(C2=NC3(CCN(S(=O)(=O)c4ccc(F)cc4)CC3)N=C2SC)cc1. The van der Waals surface area contributed by atoms with Crippen molar-refractivity contribution in [1.82, 2.24) is 4.31 Å². The van der Waals surface area contributed by atoms with Gasteiger partial charge in [-0.1, -0.05) is 0 Å². The molecule has 0 N–H and O–H groups in total. The number of nitrogens with zero attached hydrogens (tertiary/aromatic N) is 3. The molecule has 1 spiro atoms. The summed E-state index contributed by atoms with van der Waals surface area (Å²) in [5, 5.41) is 0.856. The normalized spacial score (nSPS) is 18.9. The van der Waals surface area contributed by atoms with Crippen molar-refractivity contribution in [3.63, 3.8) is 0 Å². The topological polar surface area (TPSA) is 71.3 Å². The van der Waals surface area contributed by atoms with Gasteiger partial charge in [-0.15, -0.1) is 11.8 Å². The highest BCUT2D eigenvalue weighted by Crippen LogP contribution is 2.36. The Morgan fingerprint density at radius 1 is 1.03 bits per heavy atom. The Labute approximate surface area is 179 Å². The number of thioether (sulfide) groups is 1. The Kier molecular flexibility index (Phi) is 5.69. The van der Waals surface area contributed by atoms with Gasteiger partial charge in [0.25, 0.3) is 0 Å². The van der Waals surface area contributed by atoms with Crippen LogP contribution in [0.3, 0.4) is 0 Å². The molecular weight excluding hydrogens is 425 g/mol. The number of sulfonamides is 1. The molecule has 2 heterocycles. The lowest BCUT2D eigenvalue weighted by Gasteiger charge is -2.34. The number of aliphatic imine (C=N–C) groups is 2. The van der Waals surface area contributed by atoms with E-state index >= 15 is 0 Å². The van der Waals surface area contributed by atoms with E-state index < -0.39 is 21.5 Å². The lowest BCUT2D eigenvalue weighted by atomic mass is 10.00. The molecule has 2 aromatic carbocycles. The van der Waals surface area contributed by atoms with Crippen LogP contribution in [0.2, 0.25) is 0 Å². The number of ether oxygens (including phenoxy) is 1. The maximum absolute atomic E-state index is 13.2. The number of halogens is 1. The Morgan fingerprint density at radius 2 is 1.67 bits per heavy atom. The molecule has 2 aromatic rings. The Hall–Kier alpha value is -2.23. The van der Waals surface area contributed by atoms with Gasteiger partial charge in [-0.2, -0.15) is 4.31 Å². The first-order chi connectivity index (χ1) is 14.4. The van der Waals surface area contributed by atoms with E-state index in [1.165, 1.54) is 28.2 Å². The molecule has 0 amide bonds. The minimum Gasteiger partial charge on any atom is -0.497 e. The summed E-state index contributed by atoms with van der Waals surface area (Å²) >= 11 is 1.54. The molecule has 0 atom stereocenters. The number of benzene rings is 2. The minimum atomic E-state index is -3.67. The van der Waals surface area contributed by atoms with Crippen LogP contribution in [0.15, 0.2) is 63.4 Å². The molecule has 1 saturated heterocycles. The van der Waals surface area contributed by atoms with E-state index in [4.69, 9.17) is 14.7 Å². The third kappa shape index (κ3) is 3.89. The number of methoxy groups -OCH3 is 1. The highest BCUT2D eigenvalue weighted by atomic mass is 32.2. The number of piperidine rings is 1. The molecule has 4 rings (SSSR count). The van der Waals surface area contributed by atoms with Crippen LogP contribution in [-0.4, -0.2) is 55.6 Å². The molecule has 6 nitrogen and oxygen atoms in total. The van der Waals surface area contributed by atoms with E-state index in [2.05, 4.69) is 0 Å². The van der Waals surface area contributed by atoms with Crippen molar-refractivity contribution in [2.24, 2.45) is 9.98 Å². The second kappa shape index (κ2) is 8.13. The van der Waals surface area contributed by atoms with Crippen molar-refractivity contribution in [3.8, 4) is 5.75 Å². The average molecular weight is 448 g/mol. The molecule has 2 aliphatic heterocycles. The maximum atomic E-state index is 13.2. The number of rotatable bonds is 4. The van der Waals surface area contributed by atoms with Crippen LogP contribution in [-0.2, 0) is 10.0 Å². The standard InChI is InChI=1S/C21H22FN3O3S2/c1-28-17-7-3-15(4-8-17)19-20(29-2)24-21(23-19)11-13-25(14-12-21)30(26,27)18-9-5-16(22)6-10-18/h3-10H,11-14H2,1-2H3. The van der Waals surface area contributed by atoms with E-state index in [0.29, 0.717) is 25.9 Å². The van der Waals surface area contributed by atoms with Crippen LogP contribution in [0.5, 0.6) is 5.75 Å². The highest BCUT2D eigenvalue weighted by molar-refractivity contribution is 8.15. The maximum Gasteiger partial charge on any atom is 0.243 e. The van der Waals surface area contributed by atoms with Gasteiger partial charge in [-0.05, 0) is 54.8 Å². The Bertz CT molecular complexity index is 1090. The third-order valence-corrected chi connectivity index (χ3v) is 7.95. The summed E-state index contributed by atoms with van der Waals surface area (Å²) in [5.74, 6) is 0.311. The molecule has 0 bridgehead atoms. The van der Waals surface area contributed by atoms with Crippen molar-refractivity contribution < 1.29 is 17.5 Å². The Balaban J connectivity index is 1.55. The summed E-state index contributed by atoms with van der Waals surface area (Å²) in [6, 6.07) is 12.6. The Morgan fingerprint density at radius 3 is 2.23 bits per heavy atom. The fraction of sp³-hybridized carbons (Fsp3) is 0.333. The summed E-state index contributed by atoms with van der Waals surface area (Å²) < 4.78 is 45.6. The molecular formula is C21H22FN3O3S2. The summed E-state index contributed by atoms with van der Waals surface area (Å²) in [6.07, 6.45) is 2.96. The minimum absolute atomic E-state index is 0.0991. The summed E-state index contributed by atoms with van der Waals surface area (Å²) in [4.78, 5) is 9.91. The molecule has 30 heavy (non-hydrogen) atoms. The fourth-order valence-electron chi connectivity index (χ4n) is 3.67. The molecule has 9 heteroatoms. The molecule has 0 saturated carbocycles. The fourth-order valence-corrected chi connectivity index (χ4v) is 5.73. The van der Waals surface area contributed by atoms with Gasteiger partial charge in [0.15, 0.2) is 5.66 Å². The molecule has 0 aromatic heterocycles. The smallest absolute Gasteiger partial charge is 0.243 e. The van der Waals surface area contributed by atoms with Crippen molar-refractivity contribution in [2.45, 2.75) is 23.4 Å². The first-order valence-corrected chi connectivity index (χ1v) is 12.2. The van der Waals surface area contributed by atoms with Crippen molar-refractivity contribution >= 4 is 32.5 Å². The zero-order chi connectivity index (χ0) is 21.4. The molecule has 0 unspecified atom stereocenters. The van der Waals surface area contributed by atoms with Gasteiger partial charge in [-0.3, -0.25) is 4.99 Å². The summed E-state index contributed by atoms with van der Waals surface area (Å²) in [5.41, 5.74) is 1.16. The van der Waals surface area contributed by atoms with Crippen LogP contribution >= 0.6 is 11.8 Å². The van der Waals surface area contributed by atoms with Crippen LogP contribution in [0.1, 0.15) is 18.4 Å². The zero-order valence-electron chi connectivity index (χ0n) is 16.7. The highest BCUT2D eigenvalue weighted by Gasteiger charge is 2.42. The molecule has 0 aliphatic carbocycles. The van der Waals surface area contributed by atoms with Gasteiger partial charge in [0.1, 0.15) is 16.6 Å². The van der Waals surface area contributed by atoms with Crippen LogP contribution in [0, 0.1) is 5.82 Å². The zero-order valence-corrected chi connectivity index (χ0v) is 18.3. The van der Waals surface area contributed by atoms with Crippen molar-refractivity contribution in [2.75, 3.05) is 26.5 Å². The predicted octanol–water partition coefficient (Wildman–Crippen LogP) is 3.58. The van der Waals surface area contributed by atoms with Gasteiger partial charge in [-0.25, -0.2) is 17.8 Å². The first kappa shape index (κ1) is 21.0. The van der Waals surface area contributed by atoms with Gasteiger partial charge >= 0.3 is 0 Å². The van der Waals surface area contributed by atoms with Crippen LogP contribution in [0.4, 0.5) is 4.39 Å². The van der Waals surface area contributed by atoms with Gasteiger partial charge in [0.2, 0.25) is 10.0 Å². The molecule has 158 valence electrons. The van der Waals surface area contributed by atoms with Crippen LogP contribution < -0.4 is 4.74 Å². The van der Waals surface area contributed by atoms with Crippen LogP contribution in [0.25, 0.3) is 0 Å². The van der Waals surface area contributed by atoms with Gasteiger partial charge in [0.05, 0.1) is 17.7 Å². The molecule has 2 aliphatic rings. The van der Waals surface area contributed by atoms with E-state index in [-0.39, 0.29) is 4.90 Å². The summed E-state index contributed by atoms with van der Waals surface area (Å²) in [7, 11) is -2.04. The monoisotopic (exact) mass is 447 g/mol. The second-order valence-electron chi connectivity index (χ2n) is 7.15. The van der Waals surface area contributed by atoms with E-state index in [1.54, 1.807) is 7.11 Å². The molecule has 1 fully saturated rings. The average Bonchev–Trinajstić information content (AvgIpc) is 3.12. The molecule has 0 radical (unpaired) electrons. The van der Waals surface area contributed by atoms with Gasteiger partial charge in [0, 0.05) is 31.5 Å². The second-order valence-corrected chi connectivity index (χ2v) is 9.88. The van der Waals surface area contributed by atoms with Crippen molar-refractivity contribution in [3.05, 3.63) is 59.9 Å². The van der Waals surface area contributed by atoms with Crippen molar-refractivity contribution in [1.29, 1.82) is 0 Å². The third-order valence-electron chi connectivity index (χ3n) is 5.36. The quantitative estimate of drug-likeness (QED) is 0.718.